The van der Waals surface area contributed by atoms with Crippen LogP contribution in [0.1, 0.15) is 27.7 Å². The lowest BCUT2D eigenvalue weighted by Gasteiger charge is -2.21. The minimum atomic E-state index is -0.295. The van der Waals surface area contributed by atoms with Crippen LogP contribution in [-0.2, 0) is 0 Å². The number of nitrogens with one attached hydrogen (secondary N) is 1. The molecule has 1 aromatic heterocycles. The molecule has 112 valence electrons. The molecule has 3 amide bonds. The third-order valence-electron chi connectivity index (χ3n) is 3.06. The first kappa shape index (κ1) is 15.9. The summed E-state index contributed by atoms with van der Waals surface area (Å²) in [6.45, 7) is 9.87. The largest absolute Gasteiger partial charge is 0.332 e. The standard InChI is InChI=1S/C12H22N6O2/c1-5-16(6-2)11(19)14-10-15-13-9-18(10)12(20)17(7-3)8-4/h9H,5-8H2,1-4H3,(H,14,15,19). The Hall–Kier alpha value is -2.12. The van der Waals surface area contributed by atoms with Crippen molar-refractivity contribution in [3.8, 4) is 0 Å². The Morgan fingerprint density at radius 3 is 2.15 bits per heavy atom. The van der Waals surface area contributed by atoms with Crippen molar-refractivity contribution in [2.24, 2.45) is 0 Å². The van der Waals surface area contributed by atoms with Crippen LogP contribution in [0.5, 0.6) is 0 Å². The van der Waals surface area contributed by atoms with Crippen LogP contribution >= 0.6 is 0 Å². The molecule has 1 aromatic rings. The molecule has 0 aliphatic carbocycles. The van der Waals surface area contributed by atoms with Gasteiger partial charge in [-0.3, -0.25) is 5.32 Å². The van der Waals surface area contributed by atoms with Crippen LogP contribution < -0.4 is 5.32 Å². The first-order chi connectivity index (χ1) is 9.58. The van der Waals surface area contributed by atoms with Gasteiger partial charge in [0.2, 0.25) is 5.95 Å². The topological polar surface area (TPSA) is 83.4 Å². The number of rotatable bonds is 5. The van der Waals surface area contributed by atoms with Crippen molar-refractivity contribution in [2.45, 2.75) is 27.7 Å². The van der Waals surface area contributed by atoms with Gasteiger partial charge in [-0.1, -0.05) is 0 Å². The first-order valence-electron chi connectivity index (χ1n) is 6.84. The van der Waals surface area contributed by atoms with Crippen molar-refractivity contribution in [1.29, 1.82) is 0 Å². The molecular formula is C12H22N6O2. The monoisotopic (exact) mass is 282 g/mol. The summed E-state index contributed by atoms with van der Waals surface area (Å²) in [5, 5.41) is 10.1. The molecule has 1 N–H and O–H groups in total. The predicted octanol–water partition coefficient (Wildman–Crippen LogP) is 1.46. The summed E-state index contributed by atoms with van der Waals surface area (Å²) < 4.78 is 1.24. The van der Waals surface area contributed by atoms with Gasteiger partial charge in [0.25, 0.3) is 0 Å². The van der Waals surface area contributed by atoms with Crippen LogP contribution in [0.15, 0.2) is 6.33 Å². The van der Waals surface area contributed by atoms with Gasteiger partial charge in [-0.05, 0) is 27.7 Å². The molecule has 0 radical (unpaired) electrons. The molecule has 0 bridgehead atoms. The van der Waals surface area contributed by atoms with Crippen molar-refractivity contribution in [3.05, 3.63) is 6.33 Å². The fourth-order valence-electron chi connectivity index (χ4n) is 1.79. The van der Waals surface area contributed by atoms with Gasteiger partial charge in [0, 0.05) is 26.2 Å². The van der Waals surface area contributed by atoms with E-state index >= 15 is 0 Å². The Morgan fingerprint density at radius 1 is 1.10 bits per heavy atom. The van der Waals surface area contributed by atoms with E-state index in [4.69, 9.17) is 0 Å². The quantitative estimate of drug-likeness (QED) is 0.886. The molecule has 8 nitrogen and oxygen atoms in total. The van der Waals surface area contributed by atoms with Crippen molar-refractivity contribution in [3.63, 3.8) is 0 Å². The smallest absolute Gasteiger partial charge is 0.325 e. The highest BCUT2D eigenvalue weighted by Crippen LogP contribution is 2.06. The van der Waals surface area contributed by atoms with Crippen LogP contribution in [0.25, 0.3) is 0 Å². The molecular weight excluding hydrogens is 260 g/mol. The average Bonchev–Trinajstić information content (AvgIpc) is 2.89. The van der Waals surface area contributed by atoms with Gasteiger partial charge in [0.1, 0.15) is 6.33 Å². The van der Waals surface area contributed by atoms with Crippen molar-refractivity contribution >= 4 is 18.0 Å². The molecule has 1 heterocycles. The Balaban J connectivity index is 2.86. The minimum absolute atomic E-state index is 0.138. The van der Waals surface area contributed by atoms with Crippen molar-refractivity contribution in [2.75, 3.05) is 31.5 Å². The zero-order valence-corrected chi connectivity index (χ0v) is 12.5. The van der Waals surface area contributed by atoms with Gasteiger partial charge in [-0.2, -0.15) is 0 Å². The molecule has 0 saturated carbocycles. The summed E-state index contributed by atoms with van der Waals surface area (Å²) in [5.74, 6) is 0.138. The molecule has 0 aliphatic heterocycles. The Labute approximate surface area is 118 Å². The summed E-state index contributed by atoms with van der Waals surface area (Å²) in [6.07, 6.45) is 1.30. The number of amides is 3. The number of hydrogen-bond acceptors (Lipinski definition) is 4. The highest BCUT2D eigenvalue weighted by Gasteiger charge is 2.19. The fraction of sp³-hybridized carbons (Fsp3) is 0.667. The van der Waals surface area contributed by atoms with Gasteiger partial charge in [0.15, 0.2) is 0 Å². The second kappa shape index (κ2) is 7.46. The lowest BCUT2D eigenvalue weighted by atomic mass is 10.5. The zero-order chi connectivity index (χ0) is 15.1. The third-order valence-corrected chi connectivity index (χ3v) is 3.06. The average molecular weight is 282 g/mol. The van der Waals surface area contributed by atoms with Gasteiger partial charge in [0.05, 0.1) is 0 Å². The van der Waals surface area contributed by atoms with Crippen molar-refractivity contribution < 1.29 is 9.59 Å². The first-order valence-corrected chi connectivity index (χ1v) is 6.84. The predicted molar refractivity (Wildman–Crippen MR) is 75.7 cm³/mol. The molecule has 0 aromatic carbocycles. The molecule has 1 rings (SSSR count). The number of carbonyl (C=O) groups excluding carboxylic acids is 2. The maximum Gasteiger partial charge on any atom is 0.332 e. The summed E-state index contributed by atoms with van der Waals surface area (Å²) in [5.41, 5.74) is 0. The highest BCUT2D eigenvalue weighted by atomic mass is 16.2. The number of aromatic nitrogens is 3. The Morgan fingerprint density at radius 2 is 1.65 bits per heavy atom. The Bertz CT molecular complexity index is 451. The number of urea groups is 1. The van der Waals surface area contributed by atoms with E-state index in [0.717, 1.165) is 0 Å². The van der Waals surface area contributed by atoms with E-state index in [2.05, 4.69) is 15.5 Å². The second-order valence-corrected chi connectivity index (χ2v) is 4.08. The van der Waals surface area contributed by atoms with Crippen LogP contribution in [-0.4, -0.2) is 62.8 Å². The zero-order valence-electron chi connectivity index (χ0n) is 12.5. The third kappa shape index (κ3) is 3.46. The molecule has 0 unspecified atom stereocenters. The van der Waals surface area contributed by atoms with E-state index in [9.17, 15) is 9.59 Å². The maximum atomic E-state index is 12.2. The summed E-state index contributed by atoms with van der Waals surface area (Å²) >= 11 is 0. The van der Waals surface area contributed by atoms with Crippen molar-refractivity contribution in [1.82, 2.24) is 24.6 Å². The second-order valence-electron chi connectivity index (χ2n) is 4.08. The molecule has 8 heteroatoms. The lowest BCUT2D eigenvalue weighted by Crippen LogP contribution is -2.38. The SMILES string of the molecule is CCN(CC)C(=O)Nc1nncn1C(=O)N(CC)CC. The summed E-state index contributed by atoms with van der Waals surface area (Å²) in [6, 6.07) is -0.550. The van der Waals surface area contributed by atoms with E-state index in [0.29, 0.717) is 26.2 Å². The van der Waals surface area contributed by atoms with E-state index < -0.39 is 0 Å². The molecule has 0 atom stereocenters. The van der Waals surface area contributed by atoms with Crippen LogP contribution in [0, 0.1) is 0 Å². The van der Waals surface area contributed by atoms with Gasteiger partial charge >= 0.3 is 12.1 Å². The molecule has 20 heavy (non-hydrogen) atoms. The normalized spacial score (nSPS) is 10.2. The van der Waals surface area contributed by atoms with Crippen LogP contribution in [0.4, 0.5) is 15.5 Å². The van der Waals surface area contributed by atoms with Gasteiger partial charge < -0.3 is 9.80 Å². The summed E-state index contributed by atoms with van der Waals surface area (Å²) in [4.78, 5) is 27.4. The number of nitrogens with zero attached hydrogens (tertiary/aromatic N) is 5. The van der Waals surface area contributed by atoms with E-state index in [1.807, 2.05) is 27.7 Å². The minimum Gasteiger partial charge on any atom is -0.325 e. The number of carbonyl (C=O) groups is 2. The van der Waals surface area contributed by atoms with Gasteiger partial charge in [-0.15, -0.1) is 10.2 Å². The highest BCUT2D eigenvalue weighted by molar-refractivity contribution is 5.90. The molecule has 0 spiro atoms. The molecule has 0 fully saturated rings. The van der Waals surface area contributed by atoms with Gasteiger partial charge in [-0.25, -0.2) is 14.2 Å². The summed E-state index contributed by atoms with van der Waals surface area (Å²) in [7, 11) is 0. The van der Waals surface area contributed by atoms with Crippen LogP contribution in [0.3, 0.4) is 0 Å². The number of hydrogen-bond donors (Lipinski definition) is 1. The van der Waals surface area contributed by atoms with Crippen LogP contribution in [0.2, 0.25) is 0 Å². The molecule has 0 saturated heterocycles. The maximum absolute atomic E-state index is 12.2. The Kier molecular flexibility index (Phi) is 5.95. The lowest BCUT2D eigenvalue weighted by molar-refractivity contribution is 0.205. The number of anilines is 1. The van der Waals surface area contributed by atoms with E-state index in [-0.39, 0.29) is 18.0 Å². The van der Waals surface area contributed by atoms with E-state index in [1.165, 1.54) is 10.9 Å². The fourth-order valence-corrected chi connectivity index (χ4v) is 1.79. The van der Waals surface area contributed by atoms with E-state index in [1.54, 1.807) is 9.80 Å². The molecule has 0 aliphatic rings.